The van der Waals surface area contributed by atoms with Crippen LogP contribution >= 0.6 is 0 Å². The van der Waals surface area contributed by atoms with Crippen molar-refractivity contribution in [3.63, 3.8) is 0 Å². The van der Waals surface area contributed by atoms with Crippen molar-refractivity contribution in [2.75, 3.05) is 37.0 Å². The van der Waals surface area contributed by atoms with Gasteiger partial charge in [0.05, 0.1) is 0 Å². The number of rotatable bonds is 6. The average molecular weight is 432 g/mol. The first-order chi connectivity index (χ1) is 15.5. The topological polar surface area (TPSA) is 26.8 Å². The van der Waals surface area contributed by atoms with Crippen LogP contribution in [-0.4, -0.2) is 44.0 Å². The predicted molar refractivity (Wildman–Crippen MR) is 129 cm³/mol. The zero-order valence-electron chi connectivity index (χ0n) is 18.7. The van der Waals surface area contributed by atoms with Crippen molar-refractivity contribution in [3.8, 4) is 0 Å². The van der Waals surface area contributed by atoms with Crippen molar-refractivity contribution in [1.29, 1.82) is 0 Å². The Morgan fingerprint density at radius 3 is 2.06 bits per heavy atom. The molecule has 1 heterocycles. The maximum Gasteiger partial charge on any atom is 0.258 e. The van der Waals surface area contributed by atoms with Gasteiger partial charge in [-0.1, -0.05) is 30.3 Å². The standard InChI is InChI=1S/C27H30FN3O/c1-29(2)24-12-8-21(9-13-24)20-30-18-16-26(17-19-30)31(25-14-10-23(28)11-15-25)27(32)22-6-4-3-5-7-22/h3-15,26H,16-20H2,1-2H3. The molecule has 1 saturated heterocycles. The molecule has 0 unspecified atom stereocenters. The van der Waals surface area contributed by atoms with Gasteiger partial charge in [0.25, 0.3) is 5.91 Å². The van der Waals surface area contributed by atoms with E-state index in [1.165, 1.54) is 23.4 Å². The van der Waals surface area contributed by atoms with Gasteiger partial charge in [0.2, 0.25) is 0 Å². The van der Waals surface area contributed by atoms with Crippen molar-refractivity contribution in [2.24, 2.45) is 0 Å². The number of anilines is 2. The summed E-state index contributed by atoms with van der Waals surface area (Å²) in [4.78, 5) is 19.8. The third kappa shape index (κ3) is 5.17. The fourth-order valence-corrected chi connectivity index (χ4v) is 4.31. The van der Waals surface area contributed by atoms with Gasteiger partial charge in [0, 0.05) is 56.7 Å². The van der Waals surface area contributed by atoms with Gasteiger partial charge in [-0.05, 0) is 66.9 Å². The summed E-state index contributed by atoms with van der Waals surface area (Å²) in [6.07, 6.45) is 1.76. The lowest BCUT2D eigenvalue weighted by Gasteiger charge is -2.38. The molecule has 0 aliphatic carbocycles. The van der Waals surface area contributed by atoms with Crippen LogP contribution in [0.15, 0.2) is 78.9 Å². The highest BCUT2D eigenvalue weighted by molar-refractivity contribution is 6.06. The molecule has 0 radical (unpaired) electrons. The molecule has 0 saturated carbocycles. The van der Waals surface area contributed by atoms with E-state index in [0.717, 1.165) is 38.2 Å². The number of piperidine rings is 1. The molecule has 1 amide bonds. The molecular formula is C27H30FN3O. The number of carbonyl (C=O) groups excluding carboxylic acids is 1. The van der Waals surface area contributed by atoms with E-state index in [2.05, 4.69) is 34.1 Å². The Balaban J connectivity index is 1.46. The van der Waals surface area contributed by atoms with Crippen LogP contribution in [0.4, 0.5) is 15.8 Å². The molecule has 5 heteroatoms. The van der Waals surface area contributed by atoms with Gasteiger partial charge in [-0.2, -0.15) is 0 Å². The Bertz CT molecular complexity index is 1010. The molecule has 32 heavy (non-hydrogen) atoms. The normalized spacial score (nSPS) is 14.8. The van der Waals surface area contributed by atoms with Crippen LogP contribution in [0.2, 0.25) is 0 Å². The number of benzene rings is 3. The lowest BCUT2D eigenvalue weighted by molar-refractivity contribution is 0.0958. The van der Waals surface area contributed by atoms with Crippen molar-refractivity contribution < 1.29 is 9.18 Å². The van der Waals surface area contributed by atoms with Crippen LogP contribution in [0.25, 0.3) is 0 Å². The molecule has 0 atom stereocenters. The van der Waals surface area contributed by atoms with Crippen molar-refractivity contribution in [1.82, 2.24) is 4.90 Å². The van der Waals surface area contributed by atoms with Crippen LogP contribution < -0.4 is 9.80 Å². The van der Waals surface area contributed by atoms with Gasteiger partial charge in [-0.3, -0.25) is 9.69 Å². The van der Waals surface area contributed by atoms with Crippen LogP contribution in [0.1, 0.15) is 28.8 Å². The summed E-state index contributed by atoms with van der Waals surface area (Å²) < 4.78 is 13.5. The van der Waals surface area contributed by atoms with Crippen molar-refractivity contribution in [3.05, 3.63) is 95.8 Å². The smallest absolute Gasteiger partial charge is 0.258 e. The Morgan fingerprint density at radius 2 is 1.47 bits per heavy atom. The molecule has 0 spiro atoms. The van der Waals surface area contributed by atoms with Gasteiger partial charge < -0.3 is 9.80 Å². The van der Waals surface area contributed by atoms with Crippen LogP contribution in [-0.2, 0) is 6.54 Å². The molecule has 0 aromatic heterocycles. The van der Waals surface area contributed by atoms with E-state index < -0.39 is 0 Å². The molecule has 4 nitrogen and oxygen atoms in total. The number of likely N-dealkylation sites (tertiary alicyclic amines) is 1. The van der Waals surface area contributed by atoms with E-state index in [9.17, 15) is 9.18 Å². The number of amides is 1. The first-order valence-electron chi connectivity index (χ1n) is 11.1. The summed E-state index contributed by atoms with van der Waals surface area (Å²) in [7, 11) is 4.09. The van der Waals surface area contributed by atoms with Crippen LogP contribution in [0.3, 0.4) is 0 Å². The van der Waals surface area contributed by atoms with E-state index in [0.29, 0.717) is 5.56 Å². The second kappa shape index (κ2) is 9.96. The van der Waals surface area contributed by atoms with E-state index in [4.69, 9.17) is 0 Å². The lowest BCUT2D eigenvalue weighted by Crippen LogP contribution is -2.47. The quantitative estimate of drug-likeness (QED) is 0.537. The first-order valence-corrected chi connectivity index (χ1v) is 11.1. The number of halogens is 1. The highest BCUT2D eigenvalue weighted by Crippen LogP contribution is 2.27. The van der Waals surface area contributed by atoms with Crippen molar-refractivity contribution in [2.45, 2.75) is 25.4 Å². The maximum absolute atomic E-state index is 13.5. The zero-order chi connectivity index (χ0) is 22.5. The van der Waals surface area contributed by atoms with Gasteiger partial charge in [0.15, 0.2) is 0 Å². The summed E-state index contributed by atoms with van der Waals surface area (Å²) in [6.45, 7) is 2.74. The monoisotopic (exact) mass is 431 g/mol. The van der Waals surface area contributed by atoms with Gasteiger partial charge in [0.1, 0.15) is 5.82 Å². The largest absolute Gasteiger partial charge is 0.378 e. The van der Waals surface area contributed by atoms with Crippen LogP contribution in [0, 0.1) is 5.82 Å². The fourth-order valence-electron chi connectivity index (χ4n) is 4.31. The van der Waals surface area contributed by atoms with E-state index in [1.54, 1.807) is 12.1 Å². The molecule has 1 fully saturated rings. The van der Waals surface area contributed by atoms with Gasteiger partial charge in [-0.15, -0.1) is 0 Å². The Morgan fingerprint density at radius 1 is 0.875 bits per heavy atom. The van der Waals surface area contributed by atoms with Gasteiger partial charge in [-0.25, -0.2) is 4.39 Å². The minimum atomic E-state index is -0.295. The molecule has 1 aliphatic heterocycles. The molecule has 0 N–H and O–H groups in total. The molecule has 3 aromatic carbocycles. The molecule has 4 rings (SSSR count). The summed E-state index contributed by atoms with van der Waals surface area (Å²) in [5.41, 5.74) is 3.89. The molecular weight excluding hydrogens is 401 g/mol. The van der Waals surface area contributed by atoms with Crippen LogP contribution in [0.5, 0.6) is 0 Å². The predicted octanol–water partition coefficient (Wildman–Crippen LogP) is 5.20. The number of hydrogen-bond acceptors (Lipinski definition) is 3. The zero-order valence-corrected chi connectivity index (χ0v) is 18.7. The summed E-state index contributed by atoms with van der Waals surface area (Å²) in [5.74, 6) is -0.328. The number of nitrogens with zero attached hydrogens (tertiary/aromatic N) is 3. The number of hydrogen-bond donors (Lipinski definition) is 0. The SMILES string of the molecule is CN(C)c1ccc(CN2CCC(N(C(=O)c3ccccc3)c3ccc(F)cc3)CC2)cc1. The fraction of sp³-hybridized carbons (Fsp3) is 0.296. The summed E-state index contributed by atoms with van der Waals surface area (Å²) >= 11 is 0. The Hall–Kier alpha value is -3.18. The van der Waals surface area contributed by atoms with Gasteiger partial charge >= 0.3 is 0 Å². The molecule has 166 valence electrons. The Kier molecular flexibility index (Phi) is 6.86. The summed E-state index contributed by atoms with van der Waals surface area (Å²) in [6, 6.07) is 24.3. The molecule has 0 bridgehead atoms. The average Bonchev–Trinajstić information content (AvgIpc) is 2.82. The second-order valence-corrected chi connectivity index (χ2v) is 8.59. The third-order valence-electron chi connectivity index (χ3n) is 6.13. The van der Waals surface area contributed by atoms with E-state index in [-0.39, 0.29) is 17.8 Å². The van der Waals surface area contributed by atoms with E-state index >= 15 is 0 Å². The second-order valence-electron chi connectivity index (χ2n) is 8.59. The lowest BCUT2D eigenvalue weighted by atomic mass is 10.00. The Labute approximate surface area is 189 Å². The first kappa shape index (κ1) is 22.0. The van der Waals surface area contributed by atoms with E-state index in [1.807, 2.05) is 49.3 Å². The minimum Gasteiger partial charge on any atom is -0.378 e. The summed E-state index contributed by atoms with van der Waals surface area (Å²) in [5, 5.41) is 0. The van der Waals surface area contributed by atoms with Crippen molar-refractivity contribution >= 4 is 17.3 Å². The minimum absolute atomic E-state index is 0.0325. The highest BCUT2D eigenvalue weighted by atomic mass is 19.1. The maximum atomic E-state index is 13.5. The highest BCUT2D eigenvalue weighted by Gasteiger charge is 2.30. The molecule has 1 aliphatic rings. The third-order valence-corrected chi connectivity index (χ3v) is 6.13. The number of carbonyl (C=O) groups is 1. The molecule has 3 aromatic rings.